The van der Waals surface area contributed by atoms with Gasteiger partial charge in [-0.3, -0.25) is 14.4 Å². The quantitative estimate of drug-likeness (QED) is 0.572. The normalized spacial score (nSPS) is 21.0. The van der Waals surface area contributed by atoms with Gasteiger partial charge < -0.3 is 34.8 Å². The van der Waals surface area contributed by atoms with Crippen molar-refractivity contribution < 1.29 is 34.4 Å². The van der Waals surface area contributed by atoms with E-state index in [-0.39, 0.29) is 24.8 Å². The Bertz CT molecular complexity index is 675. The lowest BCUT2D eigenvalue weighted by molar-refractivity contribution is -0.142. The predicted molar refractivity (Wildman–Crippen MR) is 115 cm³/mol. The Labute approximate surface area is 182 Å². The van der Waals surface area contributed by atoms with E-state index in [0.717, 1.165) is 31.1 Å². The zero-order chi connectivity index (χ0) is 23.2. The Morgan fingerprint density at radius 2 is 1.68 bits per heavy atom. The maximum atomic E-state index is 12.8. The molecule has 2 saturated heterocycles. The lowest BCUT2D eigenvalue weighted by atomic mass is 9.93. The fourth-order valence-corrected chi connectivity index (χ4v) is 3.74. The van der Waals surface area contributed by atoms with E-state index in [2.05, 4.69) is 15.9 Å². The molecule has 1 aromatic rings. The number of hydrogen-bond acceptors (Lipinski definition) is 7. The summed E-state index contributed by atoms with van der Waals surface area (Å²) >= 11 is 0. The summed E-state index contributed by atoms with van der Waals surface area (Å²) in [5.41, 5.74) is 1.09. The highest BCUT2D eigenvalue weighted by molar-refractivity contribution is 5.80. The van der Waals surface area contributed by atoms with Crippen molar-refractivity contribution in [3.8, 4) is 5.75 Å². The monoisotopic (exact) mass is 439 g/mol. The molecule has 2 heterocycles. The first-order valence-electron chi connectivity index (χ1n) is 10.2. The fourth-order valence-electron chi connectivity index (χ4n) is 3.74. The minimum atomic E-state index is -0.514. The first kappa shape index (κ1) is 26.2. The number of nitrogens with zero attached hydrogens (tertiary/aromatic N) is 3. The number of amides is 1. The number of carboxylic acid groups (broad SMARTS) is 2. The number of para-hydroxylation sites is 2. The van der Waals surface area contributed by atoms with Gasteiger partial charge in [-0.25, -0.2) is 0 Å². The summed E-state index contributed by atoms with van der Waals surface area (Å²) in [5.74, 6) is 0.701. The highest BCUT2D eigenvalue weighted by Gasteiger charge is 2.35. The molecule has 2 atom stereocenters. The summed E-state index contributed by atoms with van der Waals surface area (Å²) in [6.07, 6.45) is 0.162. The van der Waals surface area contributed by atoms with Crippen LogP contribution in [0.3, 0.4) is 0 Å². The molecular weight excluding hydrogens is 406 g/mol. The molecule has 10 nitrogen and oxygen atoms in total. The molecule has 174 valence electrons. The molecule has 3 rings (SSSR count). The minimum absolute atomic E-state index is 0.0943. The van der Waals surface area contributed by atoms with Crippen molar-refractivity contribution in [2.75, 3.05) is 57.8 Å². The van der Waals surface area contributed by atoms with Gasteiger partial charge in [0.2, 0.25) is 5.91 Å². The van der Waals surface area contributed by atoms with E-state index in [9.17, 15) is 9.90 Å². The van der Waals surface area contributed by atoms with Gasteiger partial charge in [-0.1, -0.05) is 12.1 Å². The van der Waals surface area contributed by atoms with Crippen molar-refractivity contribution >= 4 is 24.5 Å². The van der Waals surface area contributed by atoms with Crippen molar-refractivity contribution in [3.05, 3.63) is 24.3 Å². The number of benzene rings is 1. The Balaban J connectivity index is 0.000000720. The number of piperazine rings is 1. The van der Waals surface area contributed by atoms with Crippen LogP contribution in [0.25, 0.3) is 0 Å². The molecule has 0 aliphatic carbocycles. The number of piperidine rings is 1. The first-order valence-corrected chi connectivity index (χ1v) is 10.2. The fraction of sp³-hybridized carbons (Fsp3) is 0.571. The summed E-state index contributed by atoms with van der Waals surface area (Å²) in [4.78, 5) is 35.9. The van der Waals surface area contributed by atoms with Crippen LogP contribution < -0.4 is 9.64 Å². The molecule has 0 unspecified atom stereocenters. The van der Waals surface area contributed by atoms with Crippen molar-refractivity contribution in [2.45, 2.75) is 19.4 Å². The van der Waals surface area contributed by atoms with Gasteiger partial charge in [-0.15, -0.1) is 0 Å². The molecule has 0 aromatic heterocycles. The minimum Gasteiger partial charge on any atom is -0.492 e. The van der Waals surface area contributed by atoms with Crippen LogP contribution in [0.1, 0.15) is 13.3 Å². The number of carbonyl (C=O) groups is 3. The summed E-state index contributed by atoms with van der Waals surface area (Å²) in [6.45, 7) is 6.57. The van der Waals surface area contributed by atoms with Gasteiger partial charge in [-0.05, 0) is 32.5 Å². The van der Waals surface area contributed by atoms with E-state index in [1.54, 1.807) is 0 Å². The molecule has 10 heteroatoms. The number of anilines is 1. The van der Waals surface area contributed by atoms with Crippen LogP contribution in [-0.2, 0) is 14.4 Å². The van der Waals surface area contributed by atoms with Gasteiger partial charge in [0, 0.05) is 39.3 Å². The summed E-state index contributed by atoms with van der Waals surface area (Å²) in [5, 5.41) is 24.0. The Morgan fingerprint density at radius 1 is 1.10 bits per heavy atom. The third kappa shape index (κ3) is 8.06. The van der Waals surface area contributed by atoms with Crippen molar-refractivity contribution in [1.29, 1.82) is 0 Å². The predicted octanol–water partition coefficient (Wildman–Crippen LogP) is 0.448. The zero-order valence-corrected chi connectivity index (χ0v) is 18.1. The topological polar surface area (TPSA) is 131 Å². The highest BCUT2D eigenvalue weighted by atomic mass is 16.5. The van der Waals surface area contributed by atoms with Gasteiger partial charge in [0.05, 0.1) is 24.3 Å². The number of ether oxygens (including phenoxy) is 1. The summed E-state index contributed by atoms with van der Waals surface area (Å²) in [6, 6.07) is 8.06. The molecule has 2 fully saturated rings. The molecule has 2 aliphatic heterocycles. The van der Waals surface area contributed by atoms with Gasteiger partial charge in [0.1, 0.15) is 5.75 Å². The van der Waals surface area contributed by atoms with E-state index in [1.807, 2.05) is 37.1 Å². The van der Waals surface area contributed by atoms with Crippen molar-refractivity contribution in [3.63, 3.8) is 0 Å². The number of aliphatic hydroxyl groups excluding tert-OH is 1. The van der Waals surface area contributed by atoms with Crippen LogP contribution in [0.15, 0.2) is 24.3 Å². The molecule has 0 spiro atoms. The first-order chi connectivity index (χ1) is 14.9. The molecule has 31 heavy (non-hydrogen) atoms. The highest BCUT2D eigenvalue weighted by Crippen LogP contribution is 2.29. The third-order valence-electron chi connectivity index (χ3n) is 5.19. The standard InChI is InChI=1S/C19H29N3O3.2CH2O2/c1-3-25-18-7-5-4-6-16(18)21-10-12-22(13-11-21)19(24)15-14-20(2)9-8-17(15)23;2*2-1-3/h4-7,15,17,23H,3,8-14H2,1-2H3;2*1H,(H,2,3)/t15-,17-;;/m1../s1. The summed E-state index contributed by atoms with van der Waals surface area (Å²) < 4.78 is 5.72. The molecular formula is C21H33N3O7. The van der Waals surface area contributed by atoms with E-state index < -0.39 is 6.10 Å². The Morgan fingerprint density at radius 3 is 2.26 bits per heavy atom. The van der Waals surface area contributed by atoms with Crippen LogP contribution in [0.2, 0.25) is 0 Å². The van der Waals surface area contributed by atoms with Gasteiger partial charge in [-0.2, -0.15) is 0 Å². The van der Waals surface area contributed by atoms with Crippen molar-refractivity contribution in [2.24, 2.45) is 5.92 Å². The number of aliphatic hydroxyl groups is 1. The second-order valence-corrected chi connectivity index (χ2v) is 7.15. The van der Waals surface area contributed by atoms with Crippen LogP contribution in [0.4, 0.5) is 5.69 Å². The molecule has 3 N–H and O–H groups in total. The maximum Gasteiger partial charge on any atom is 0.290 e. The second-order valence-electron chi connectivity index (χ2n) is 7.15. The molecule has 0 radical (unpaired) electrons. The van der Waals surface area contributed by atoms with E-state index in [0.29, 0.717) is 32.7 Å². The van der Waals surface area contributed by atoms with Crippen LogP contribution in [0, 0.1) is 5.92 Å². The average molecular weight is 440 g/mol. The van der Waals surface area contributed by atoms with Crippen LogP contribution in [-0.4, -0.2) is 103 Å². The molecule has 0 saturated carbocycles. The van der Waals surface area contributed by atoms with E-state index in [1.165, 1.54) is 0 Å². The maximum absolute atomic E-state index is 12.8. The number of likely N-dealkylation sites (tertiary alicyclic amines) is 1. The molecule has 0 bridgehead atoms. The average Bonchev–Trinajstić information content (AvgIpc) is 2.77. The number of carbonyl (C=O) groups excluding carboxylic acids is 1. The summed E-state index contributed by atoms with van der Waals surface area (Å²) in [7, 11) is 2.01. The van der Waals surface area contributed by atoms with Crippen LogP contribution in [0.5, 0.6) is 5.75 Å². The molecule has 2 aliphatic rings. The third-order valence-corrected chi connectivity index (χ3v) is 5.19. The van der Waals surface area contributed by atoms with Gasteiger partial charge >= 0.3 is 0 Å². The SMILES string of the molecule is CCOc1ccccc1N1CCN(C(=O)[C@@H]2CN(C)CC[C@H]2O)CC1.O=CO.O=CO. The molecule has 1 amide bonds. The van der Waals surface area contributed by atoms with Crippen molar-refractivity contribution in [1.82, 2.24) is 9.80 Å². The molecule has 1 aromatic carbocycles. The zero-order valence-electron chi connectivity index (χ0n) is 18.1. The lowest BCUT2D eigenvalue weighted by Crippen LogP contribution is -2.55. The second kappa shape index (κ2) is 14.2. The number of hydrogen-bond donors (Lipinski definition) is 3. The largest absolute Gasteiger partial charge is 0.492 e. The Hall–Kier alpha value is -2.85. The van der Waals surface area contributed by atoms with E-state index in [4.69, 9.17) is 24.5 Å². The number of rotatable bonds is 4. The van der Waals surface area contributed by atoms with E-state index >= 15 is 0 Å². The van der Waals surface area contributed by atoms with Gasteiger partial charge in [0.25, 0.3) is 12.9 Å². The van der Waals surface area contributed by atoms with Crippen LogP contribution >= 0.6 is 0 Å². The Kier molecular flexibility index (Phi) is 12.0. The van der Waals surface area contributed by atoms with Gasteiger partial charge in [0.15, 0.2) is 0 Å². The lowest BCUT2D eigenvalue weighted by Gasteiger charge is -2.40. The smallest absolute Gasteiger partial charge is 0.290 e.